The van der Waals surface area contributed by atoms with Crippen LogP contribution >= 0.6 is 0 Å². The number of carbonyl (C=O) groups is 1. The molecule has 3 rings (SSSR count). The average molecular weight is 280 g/mol. The predicted molar refractivity (Wildman–Crippen MR) is 85.3 cm³/mol. The van der Waals surface area contributed by atoms with Crippen molar-refractivity contribution in [2.45, 2.75) is 25.3 Å². The number of benzene rings is 2. The summed E-state index contributed by atoms with van der Waals surface area (Å²) in [7, 11) is 0. The average Bonchev–Trinajstić information content (AvgIpc) is 2.84. The third-order valence-corrected chi connectivity index (χ3v) is 4.18. The molecule has 0 spiro atoms. The van der Waals surface area contributed by atoms with E-state index in [1.165, 1.54) is 5.56 Å². The van der Waals surface area contributed by atoms with Gasteiger partial charge < -0.3 is 10.6 Å². The minimum atomic E-state index is -0.278. The number of anilines is 1. The number of nitrogens with zero attached hydrogens (tertiary/aromatic N) is 1. The Hall–Kier alpha value is -2.13. The van der Waals surface area contributed by atoms with Gasteiger partial charge in [0.2, 0.25) is 5.91 Å². The molecule has 1 aliphatic rings. The Morgan fingerprint density at radius 2 is 1.86 bits per heavy atom. The quantitative estimate of drug-likeness (QED) is 0.939. The van der Waals surface area contributed by atoms with Crippen molar-refractivity contribution in [2.24, 2.45) is 5.73 Å². The van der Waals surface area contributed by atoms with Crippen LogP contribution < -0.4 is 10.6 Å². The minimum Gasteiger partial charge on any atom is -0.329 e. The van der Waals surface area contributed by atoms with Crippen LogP contribution in [0.5, 0.6) is 0 Å². The summed E-state index contributed by atoms with van der Waals surface area (Å²) in [5.41, 5.74) is 9.15. The van der Waals surface area contributed by atoms with Gasteiger partial charge in [0, 0.05) is 18.3 Å². The second-order valence-electron chi connectivity index (χ2n) is 5.59. The topological polar surface area (TPSA) is 46.3 Å². The lowest BCUT2D eigenvalue weighted by Gasteiger charge is -2.27. The fraction of sp³-hybridized carbons (Fsp3) is 0.278. The molecule has 0 saturated carbocycles. The summed E-state index contributed by atoms with van der Waals surface area (Å²) in [5, 5.41) is 0. The van der Waals surface area contributed by atoms with E-state index in [1.807, 2.05) is 53.4 Å². The van der Waals surface area contributed by atoms with Gasteiger partial charge in [-0.1, -0.05) is 48.5 Å². The largest absolute Gasteiger partial charge is 0.329 e. The van der Waals surface area contributed by atoms with E-state index < -0.39 is 0 Å². The summed E-state index contributed by atoms with van der Waals surface area (Å²) in [5.74, 6) is -0.180. The second kappa shape index (κ2) is 5.70. The summed E-state index contributed by atoms with van der Waals surface area (Å²) in [6.45, 7) is 2.42. The molecule has 0 aliphatic carbocycles. The number of carbonyl (C=O) groups excluding carboxylic acids is 1. The summed E-state index contributed by atoms with van der Waals surface area (Å²) < 4.78 is 0. The smallest absolute Gasteiger partial charge is 0.236 e. The van der Waals surface area contributed by atoms with E-state index in [0.717, 1.165) is 17.7 Å². The van der Waals surface area contributed by atoms with Crippen molar-refractivity contribution in [3.05, 3.63) is 65.7 Å². The molecule has 2 unspecified atom stereocenters. The number of hydrogen-bond acceptors (Lipinski definition) is 2. The van der Waals surface area contributed by atoms with Gasteiger partial charge >= 0.3 is 0 Å². The number of fused-ring (bicyclic) bond motifs is 1. The third kappa shape index (κ3) is 2.45. The van der Waals surface area contributed by atoms with Gasteiger partial charge in [-0.15, -0.1) is 0 Å². The molecule has 2 N–H and O–H groups in total. The molecular weight excluding hydrogens is 260 g/mol. The highest BCUT2D eigenvalue weighted by Gasteiger charge is 2.34. The Bertz CT molecular complexity index is 639. The lowest BCUT2D eigenvalue weighted by atomic mass is 9.97. The van der Waals surface area contributed by atoms with Crippen LogP contribution in [0.25, 0.3) is 0 Å². The first-order valence-electron chi connectivity index (χ1n) is 7.38. The van der Waals surface area contributed by atoms with Gasteiger partial charge in [-0.05, 0) is 30.5 Å². The Kier molecular flexibility index (Phi) is 3.76. The molecule has 0 bridgehead atoms. The van der Waals surface area contributed by atoms with Crippen LogP contribution in [0.4, 0.5) is 5.69 Å². The Balaban J connectivity index is 1.94. The summed E-state index contributed by atoms with van der Waals surface area (Å²) in [6, 6.07) is 18.1. The van der Waals surface area contributed by atoms with Crippen molar-refractivity contribution in [1.82, 2.24) is 0 Å². The summed E-state index contributed by atoms with van der Waals surface area (Å²) in [6.07, 6.45) is 0.911. The number of hydrogen-bond donors (Lipinski definition) is 1. The summed E-state index contributed by atoms with van der Waals surface area (Å²) in [4.78, 5) is 14.9. The SMILES string of the molecule is CC1Cc2ccccc2N1C(=O)C(CN)c1ccccc1. The number of para-hydroxylation sites is 1. The standard InChI is InChI=1S/C18H20N2O/c1-13-11-15-9-5-6-10-17(15)20(13)18(21)16(12-19)14-7-3-2-4-8-14/h2-10,13,16H,11-12,19H2,1H3. The fourth-order valence-electron chi connectivity index (χ4n) is 3.13. The molecule has 108 valence electrons. The Morgan fingerprint density at radius 3 is 2.57 bits per heavy atom. The van der Waals surface area contributed by atoms with Crippen LogP contribution in [0.3, 0.4) is 0 Å². The van der Waals surface area contributed by atoms with E-state index in [2.05, 4.69) is 13.0 Å². The molecule has 0 fully saturated rings. The maximum atomic E-state index is 13.0. The van der Waals surface area contributed by atoms with Crippen molar-refractivity contribution in [3.63, 3.8) is 0 Å². The van der Waals surface area contributed by atoms with Crippen LogP contribution in [0.2, 0.25) is 0 Å². The lowest BCUT2D eigenvalue weighted by molar-refractivity contribution is -0.120. The monoisotopic (exact) mass is 280 g/mol. The molecule has 1 heterocycles. The normalized spacial score (nSPS) is 18.4. The Morgan fingerprint density at radius 1 is 1.19 bits per heavy atom. The molecule has 1 amide bonds. The maximum absolute atomic E-state index is 13.0. The van der Waals surface area contributed by atoms with E-state index in [4.69, 9.17) is 5.73 Å². The number of nitrogens with two attached hydrogens (primary N) is 1. The molecule has 0 saturated heterocycles. The zero-order chi connectivity index (χ0) is 14.8. The number of rotatable bonds is 3. The van der Waals surface area contributed by atoms with Crippen molar-refractivity contribution in [2.75, 3.05) is 11.4 Å². The van der Waals surface area contributed by atoms with Crippen LogP contribution in [-0.2, 0) is 11.2 Å². The van der Waals surface area contributed by atoms with Crippen molar-refractivity contribution in [1.29, 1.82) is 0 Å². The highest BCUT2D eigenvalue weighted by Crippen LogP contribution is 2.34. The third-order valence-electron chi connectivity index (χ3n) is 4.18. The molecule has 3 heteroatoms. The Labute approximate surface area is 125 Å². The van der Waals surface area contributed by atoms with Crippen molar-refractivity contribution < 1.29 is 4.79 Å². The van der Waals surface area contributed by atoms with E-state index in [9.17, 15) is 4.79 Å². The number of amides is 1. The molecule has 0 radical (unpaired) electrons. The molecule has 3 nitrogen and oxygen atoms in total. The van der Waals surface area contributed by atoms with Gasteiger partial charge in [0.25, 0.3) is 0 Å². The van der Waals surface area contributed by atoms with E-state index in [1.54, 1.807) is 0 Å². The van der Waals surface area contributed by atoms with Crippen LogP contribution in [0.15, 0.2) is 54.6 Å². The van der Waals surface area contributed by atoms with E-state index in [-0.39, 0.29) is 17.9 Å². The first-order chi connectivity index (χ1) is 10.2. The van der Waals surface area contributed by atoms with Gasteiger partial charge in [0.1, 0.15) is 0 Å². The van der Waals surface area contributed by atoms with Crippen molar-refractivity contribution in [3.8, 4) is 0 Å². The van der Waals surface area contributed by atoms with Gasteiger partial charge in [0.05, 0.1) is 5.92 Å². The predicted octanol–water partition coefficient (Wildman–Crippen LogP) is 2.71. The molecule has 2 aromatic carbocycles. The van der Waals surface area contributed by atoms with Crippen molar-refractivity contribution >= 4 is 11.6 Å². The molecule has 2 atom stereocenters. The van der Waals surface area contributed by atoms with E-state index in [0.29, 0.717) is 6.54 Å². The molecule has 21 heavy (non-hydrogen) atoms. The zero-order valence-electron chi connectivity index (χ0n) is 12.2. The van der Waals surface area contributed by atoms with Gasteiger partial charge in [-0.2, -0.15) is 0 Å². The zero-order valence-corrected chi connectivity index (χ0v) is 12.2. The molecular formula is C18H20N2O. The van der Waals surface area contributed by atoms with Crippen LogP contribution in [-0.4, -0.2) is 18.5 Å². The molecule has 0 aromatic heterocycles. The highest BCUT2D eigenvalue weighted by atomic mass is 16.2. The van der Waals surface area contributed by atoms with Gasteiger partial charge in [0.15, 0.2) is 0 Å². The van der Waals surface area contributed by atoms with Gasteiger partial charge in [-0.3, -0.25) is 4.79 Å². The van der Waals surface area contributed by atoms with Gasteiger partial charge in [-0.25, -0.2) is 0 Å². The lowest BCUT2D eigenvalue weighted by Crippen LogP contribution is -2.41. The first-order valence-corrected chi connectivity index (χ1v) is 7.38. The second-order valence-corrected chi connectivity index (χ2v) is 5.59. The summed E-state index contributed by atoms with van der Waals surface area (Å²) >= 11 is 0. The van der Waals surface area contributed by atoms with Crippen LogP contribution in [0, 0.1) is 0 Å². The fourth-order valence-corrected chi connectivity index (χ4v) is 3.13. The first kappa shape index (κ1) is 13.8. The minimum absolute atomic E-state index is 0.0983. The van der Waals surface area contributed by atoms with E-state index >= 15 is 0 Å². The van der Waals surface area contributed by atoms with Crippen LogP contribution in [0.1, 0.15) is 24.0 Å². The highest BCUT2D eigenvalue weighted by molar-refractivity contribution is 6.00. The maximum Gasteiger partial charge on any atom is 0.236 e. The molecule has 1 aliphatic heterocycles. The molecule has 2 aromatic rings.